The third-order valence-corrected chi connectivity index (χ3v) is 3.42. The second-order valence-electron chi connectivity index (χ2n) is 4.30. The van der Waals surface area contributed by atoms with Gasteiger partial charge in [0.15, 0.2) is 0 Å². The summed E-state index contributed by atoms with van der Waals surface area (Å²) in [4.78, 5) is 4.48. The average molecular weight is 356 g/mol. The molecule has 0 aliphatic rings. The van der Waals surface area contributed by atoms with Gasteiger partial charge in [-0.25, -0.2) is 4.98 Å². The molecule has 1 aromatic heterocycles. The fraction of sp³-hybridized carbons (Fsp3) is 0.267. The Morgan fingerprint density at radius 3 is 2.90 bits per heavy atom. The molecule has 2 aromatic rings. The van der Waals surface area contributed by atoms with Gasteiger partial charge in [-0.2, -0.15) is 0 Å². The molecule has 2 rings (SSSR count). The highest BCUT2D eigenvalue weighted by atomic mass is 79.9. The van der Waals surface area contributed by atoms with Crippen LogP contribution in [0.2, 0.25) is 5.02 Å². The maximum absolute atomic E-state index is 6.11. The molecule has 1 aromatic carbocycles. The van der Waals surface area contributed by atoms with E-state index in [1.807, 2.05) is 36.4 Å². The van der Waals surface area contributed by atoms with Crippen molar-refractivity contribution in [3.63, 3.8) is 0 Å². The van der Waals surface area contributed by atoms with Gasteiger partial charge in [-0.3, -0.25) is 0 Å². The number of anilines is 1. The summed E-state index contributed by atoms with van der Waals surface area (Å²) >= 11 is 9.47. The monoisotopic (exact) mass is 354 g/mol. The lowest BCUT2D eigenvalue weighted by Crippen LogP contribution is -2.05. The molecule has 0 radical (unpaired) electrons. The lowest BCUT2D eigenvalue weighted by molar-refractivity contribution is 0.301. The van der Waals surface area contributed by atoms with Crippen LogP contribution in [0, 0.1) is 0 Å². The molecule has 0 amide bonds. The van der Waals surface area contributed by atoms with E-state index in [1.54, 1.807) is 0 Å². The average Bonchev–Trinajstić information content (AvgIpc) is 2.45. The highest BCUT2D eigenvalue weighted by molar-refractivity contribution is 9.10. The lowest BCUT2D eigenvalue weighted by Gasteiger charge is -2.09. The number of halogens is 2. The van der Waals surface area contributed by atoms with Crippen molar-refractivity contribution >= 4 is 33.3 Å². The van der Waals surface area contributed by atoms with E-state index in [1.165, 1.54) is 0 Å². The van der Waals surface area contributed by atoms with Crippen LogP contribution in [0.5, 0.6) is 5.75 Å². The van der Waals surface area contributed by atoms with Crippen LogP contribution >= 0.6 is 27.5 Å². The van der Waals surface area contributed by atoms with Crippen LogP contribution in [-0.2, 0) is 6.61 Å². The van der Waals surface area contributed by atoms with Gasteiger partial charge in [-0.05, 0) is 36.8 Å². The molecule has 0 saturated carbocycles. The molecule has 106 valence electrons. The molecular weight excluding hydrogens is 340 g/mol. The van der Waals surface area contributed by atoms with Crippen molar-refractivity contribution in [1.29, 1.82) is 0 Å². The van der Waals surface area contributed by atoms with Gasteiger partial charge >= 0.3 is 0 Å². The van der Waals surface area contributed by atoms with Crippen molar-refractivity contribution in [3.05, 3.63) is 51.6 Å². The smallest absolute Gasteiger partial charge is 0.138 e. The number of hydrogen-bond acceptors (Lipinski definition) is 3. The number of rotatable bonds is 6. The van der Waals surface area contributed by atoms with Crippen molar-refractivity contribution in [2.75, 3.05) is 11.9 Å². The summed E-state index contributed by atoms with van der Waals surface area (Å²) in [6.45, 7) is 3.42. The summed E-state index contributed by atoms with van der Waals surface area (Å²) in [6.07, 6.45) is 1.07. The van der Waals surface area contributed by atoms with E-state index >= 15 is 0 Å². The van der Waals surface area contributed by atoms with Crippen molar-refractivity contribution < 1.29 is 4.74 Å². The molecule has 0 spiro atoms. The Morgan fingerprint density at radius 2 is 2.15 bits per heavy atom. The first-order valence-electron chi connectivity index (χ1n) is 6.46. The molecule has 0 atom stereocenters. The predicted octanol–water partition coefficient (Wildman–Crippen LogP) is 4.90. The Morgan fingerprint density at radius 1 is 1.30 bits per heavy atom. The Hall–Kier alpha value is -1.26. The molecule has 1 N–H and O–H groups in total. The van der Waals surface area contributed by atoms with E-state index in [2.05, 4.69) is 33.2 Å². The second-order valence-corrected chi connectivity index (χ2v) is 5.63. The zero-order valence-electron chi connectivity index (χ0n) is 11.2. The predicted molar refractivity (Wildman–Crippen MR) is 86.5 cm³/mol. The van der Waals surface area contributed by atoms with E-state index in [9.17, 15) is 0 Å². The maximum atomic E-state index is 6.11. The van der Waals surface area contributed by atoms with E-state index < -0.39 is 0 Å². The minimum Gasteiger partial charge on any atom is -0.486 e. The standard InChI is InChI=1S/C15H16BrClN2O/c1-2-8-18-15-5-3-4-12(19-15)10-20-14-7-6-11(16)9-13(14)17/h3-7,9H,2,8,10H2,1H3,(H,18,19). The molecule has 20 heavy (non-hydrogen) atoms. The van der Waals surface area contributed by atoms with Crippen LogP contribution in [-0.4, -0.2) is 11.5 Å². The number of hydrogen-bond donors (Lipinski definition) is 1. The first-order chi connectivity index (χ1) is 9.69. The summed E-state index contributed by atoms with van der Waals surface area (Å²) in [5.74, 6) is 1.53. The number of benzene rings is 1. The number of nitrogens with one attached hydrogen (secondary N) is 1. The first-order valence-corrected chi connectivity index (χ1v) is 7.64. The Bertz CT molecular complexity index is 578. The molecule has 0 saturated heterocycles. The third-order valence-electron chi connectivity index (χ3n) is 2.63. The van der Waals surface area contributed by atoms with Crippen LogP contribution < -0.4 is 10.1 Å². The Labute approximate surface area is 132 Å². The summed E-state index contributed by atoms with van der Waals surface area (Å²) in [5, 5.41) is 3.84. The Kier molecular flexibility index (Phi) is 5.68. The van der Waals surface area contributed by atoms with Crippen molar-refractivity contribution in [2.24, 2.45) is 0 Å². The number of ether oxygens (including phenoxy) is 1. The largest absolute Gasteiger partial charge is 0.486 e. The number of aromatic nitrogens is 1. The zero-order chi connectivity index (χ0) is 14.4. The van der Waals surface area contributed by atoms with Crippen LogP contribution in [0.4, 0.5) is 5.82 Å². The topological polar surface area (TPSA) is 34.1 Å². The second kappa shape index (κ2) is 7.50. The van der Waals surface area contributed by atoms with Gasteiger partial charge in [-0.15, -0.1) is 0 Å². The van der Waals surface area contributed by atoms with Crippen molar-refractivity contribution in [2.45, 2.75) is 20.0 Å². The molecule has 0 fully saturated rings. The zero-order valence-corrected chi connectivity index (χ0v) is 13.5. The molecule has 0 aliphatic heterocycles. The molecule has 0 bridgehead atoms. The normalized spacial score (nSPS) is 10.3. The van der Waals surface area contributed by atoms with Crippen molar-refractivity contribution in [1.82, 2.24) is 4.98 Å². The van der Waals surface area contributed by atoms with Gasteiger partial charge < -0.3 is 10.1 Å². The molecule has 1 heterocycles. The fourth-order valence-corrected chi connectivity index (χ4v) is 2.38. The van der Waals surface area contributed by atoms with Gasteiger partial charge in [-0.1, -0.05) is 40.5 Å². The fourth-order valence-electron chi connectivity index (χ4n) is 1.66. The van der Waals surface area contributed by atoms with Gasteiger partial charge in [0, 0.05) is 11.0 Å². The molecule has 3 nitrogen and oxygen atoms in total. The Balaban J connectivity index is 1.99. The van der Waals surface area contributed by atoms with E-state index in [0.29, 0.717) is 17.4 Å². The summed E-state index contributed by atoms with van der Waals surface area (Å²) in [5.41, 5.74) is 0.866. The number of nitrogens with zero attached hydrogens (tertiary/aromatic N) is 1. The molecule has 5 heteroatoms. The highest BCUT2D eigenvalue weighted by Crippen LogP contribution is 2.28. The highest BCUT2D eigenvalue weighted by Gasteiger charge is 2.04. The summed E-state index contributed by atoms with van der Waals surface area (Å²) in [6, 6.07) is 11.4. The van der Waals surface area contributed by atoms with Gasteiger partial charge in [0.1, 0.15) is 18.2 Å². The number of pyridine rings is 1. The van der Waals surface area contributed by atoms with Gasteiger partial charge in [0.25, 0.3) is 0 Å². The minimum absolute atomic E-state index is 0.392. The minimum atomic E-state index is 0.392. The van der Waals surface area contributed by atoms with E-state index in [0.717, 1.165) is 29.0 Å². The van der Waals surface area contributed by atoms with Crippen LogP contribution in [0.25, 0.3) is 0 Å². The third kappa shape index (κ3) is 4.39. The SMILES string of the molecule is CCCNc1cccc(COc2ccc(Br)cc2Cl)n1. The van der Waals surface area contributed by atoms with E-state index in [4.69, 9.17) is 16.3 Å². The van der Waals surface area contributed by atoms with Crippen molar-refractivity contribution in [3.8, 4) is 5.75 Å². The maximum Gasteiger partial charge on any atom is 0.138 e. The van der Waals surface area contributed by atoms with Gasteiger partial charge in [0.2, 0.25) is 0 Å². The molecule has 0 unspecified atom stereocenters. The lowest BCUT2D eigenvalue weighted by atomic mass is 10.3. The first kappa shape index (κ1) is 15.1. The van der Waals surface area contributed by atoms with Crippen LogP contribution in [0.15, 0.2) is 40.9 Å². The van der Waals surface area contributed by atoms with Crippen LogP contribution in [0.1, 0.15) is 19.0 Å². The quantitative estimate of drug-likeness (QED) is 0.800. The summed E-state index contributed by atoms with van der Waals surface area (Å²) in [7, 11) is 0. The van der Waals surface area contributed by atoms with Gasteiger partial charge in [0.05, 0.1) is 10.7 Å². The van der Waals surface area contributed by atoms with E-state index in [-0.39, 0.29) is 0 Å². The van der Waals surface area contributed by atoms with Crippen LogP contribution in [0.3, 0.4) is 0 Å². The molecule has 0 aliphatic carbocycles. The molecular formula is C15H16BrClN2O. The summed E-state index contributed by atoms with van der Waals surface area (Å²) < 4.78 is 6.62.